The lowest BCUT2D eigenvalue weighted by atomic mass is 9.90. The van der Waals surface area contributed by atoms with Gasteiger partial charge in [-0.3, -0.25) is 24.4 Å². The summed E-state index contributed by atoms with van der Waals surface area (Å²) in [5.41, 5.74) is 2.70. The molecule has 0 bridgehead atoms. The number of hydrogen-bond acceptors (Lipinski definition) is 5. The number of nitrogens with zero attached hydrogens (tertiary/aromatic N) is 2. The lowest BCUT2D eigenvalue weighted by Crippen LogP contribution is -2.43. The summed E-state index contributed by atoms with van der Waals surface area (Å²) in [6.07, 6.45) is 11.6. The summed E-state index contributed by atoms with van der Waals surface area (Å²) in [6.45, 7) is 0. The van der Waals surface area contributed by atoms with Crippen LogP contribution in [0.4, 0.5) is 0 Å². The van der Waals surface area contributed by atoms with E-state index in [9.17, 15) is 14.4 Å². The SMILES string of the molecule is O=C1NC2(CCCCC2)N=C1c1ccc(Br)cc1.O=Cc1ccc(C2=NC3(CCCCC3)NC2=O)cc1. The van der Waals surface area contributed by atoms with Gasteiger partial charge >= 0.3 is 0 Å². The van der Waals surface area contributed by atoms with Crippen LogP contribution in [0.15, 0.2) is 63.0 Å². The maximum atomic E-state index is 12.1. The lowest BCUT2D eigenvalue weighted by molar-refractivity contribution is -0.116. The monoisotopic (exact) mass is 562 g/mol. The molecule has 0 saturated heterocycles. The molecule has 2 spiro atoms. The van der Waals surface area contributed by atoms with Gasteiger partial charge < -0.3 is 10.6 Å². The second kappa shape index (κ2) is 10.7. The Morgan fingerprint density at radius 1 is 0.649 bits per heavy atom. The molecule has 0 radical (unpaired) electrons. The van der Waals surface area contributed by atoms with E-state index >= 15 is 0 Å². The van der Waals surface area contributed by atoms with E-state index in [2.05, 4.69) is 31.6 Å². The molecule has 0 unspecified atom stereocenters. The minimum absolute atomic E-state index is 0.0285. The van der Waals surface area contributed by atoms with Gasteiger partial charge in [-0.25, -0.2) is 0 Å². The van der Waals surface area contributed by atoms with Crippen LogP contribution in [0.1, 0.15) is 85.7 Å². The average Bonchev–Trinajstić information content (AvgIpc) is 3.41. The lowest BCUT2D eigenvalue weighted by Gasteiger charge is -2.30. The van der Waals surface area contributed by atoms with Gasteiger partial charge in [-0.2, -0.15) is 0 Å². The van der Waals surface area contributed by atoms with E-state index in [-0.39, 0.29) is 23.1 Å². The van der Waals surface area contributed by atoms with E-state index in [1.165, 1.54) is 12.8 Å². The summed E-state index contributed by atoms with van der Waals surface area (Å²) >= 11 is 3.40. The molecule has 8 heteroatoms. The third-order valence-corrected chi connectivity index (χ3v) is 8.10. The normalized spacial score (nSPS) is 21.4. The van der Waals surface area contributed by atoms with Crippen LogP contribution in [0.25, 0.3) is 0 Å². The second-order valence-electron chi connectivity index (χ2n) is 10.3. The molecule has 2 heterocycles. The van der Waals surface area contributed by atoms with Crippen LogP contribution >= 0.6 is 15.9 Å². The van der Waals surface area contributed by atoms with Crippen molar-refractivity contribution in [3.63, 3.8) is 0 Å². The Labute approximate surface area is 225 Å². The average molecular weight is 563 g/mol. The highest BCUT2D eigenvalue weighted by atomic mass is 79.9. The molecule has 2 aromatic rings. The molecular weight excluding hydrogens is 532 g/mol. The summed E-state index contributed by atoms with van der Waals surface area (Å²) in [4.78, 5) is 44.2. The molecule has 2 fully saturated rings. The first-order valence-corrected chi connectivity index (χ1v) is 13.9. The van der Waals surface area contributed by atoms with Crippen LogP contribution in [0.2, 0.25) is 0 Å². The van der Waals surface area contributed by atoms with Gasteiger partial charge in [0.2, 0.25) is 0 Å². The predicted octanol–water partition coefficient (Wildman–Crippen LogP) is 5.11. The van der Waals surface area contributed by atoms with Gasteiger partial charge in [-0.1, -0.05) is 65.2 Å². The van der Waals surface area contributed by atoms with Crippen LogP contribution < -0.4 is 10.6 Å². The Kier molecular flexibility index (Phi) is 7.38. The third kappa shape index (κ3) is 5.59. The standard InChI is InChI=1S/C15H16N2O2.C14H15BrN2O/c18-10-11-4-6-12(7-5-11)13-14(19)17-15(16-13)8-2-1-3-9-15;15-11-6-4-10(5-7-11)12-13(18)17-14(16-12)8-2-1-3-9-14/h4-7,10H,1-3,8-9H2,(H,17,19);4-7H,1-3,8-9H2,(H,17,18). The van der Waals surface area contributed by atoms with E-state index in [4.69, 9.17) is 4.99 Å². The van der Waals surface area contributed by atoms with Crippen molar-refractivity contribution in [2.45, 2.75) is 75.5 Å². The largest absolute Gasteiger partial charge is 0.326 e. The summed E-state index contributed by atoms with van der Waals surface area (Å²) in [7, 11) is 0. The van der Waals surface area contributed by atoms with E-state index < -0.39 is 0 Å². The number of aliphatic imine (C=N–C) groups is 2. The molecule has 37 heavy (non-hydrogen) atoms. The molecular formula is C29H31BrN4O3. The van der Waals surface area contributed by atoms with Crippen molar-refractivity contribution in [3.8, 4) is 0 Å². The quantitative estimate of drug-likeness (QED) is 0.508. The molecule has 4 aliphatic rings. The zero-order valence-electron chi connectivity index (χ0n) is 20.8. The number of hydrogen-bond donors (Lipinski definition) is 2. The maximum Gasteiger partial charge on any atom is 0.272 e. The number of amides is 2. The fourth-order valence-corrected chi connectivity index (χ4v) is 5.86. The number of halogens is 1. The zero-order valence-corrected chi connectivity index (χ0v) is 22.4. The Morgan fingerprint density at radius 2 is 1.05 bits per heavy atom. The topological polar surface area (TPSA) is 100.0 Å². The summed E-state index contributed by atoms with van der Waals surface area (Å²) < 4.78 is 1.01. The number of carbonyl (C=O) groups excluding carboxylic acids is 3. The van der Waals surface area contributed by atoms with Crippen molar-refractivity contribution in [2.24, 2.45) is 9.98 Å². The Hall–Kier alpha value is -3.13. The van der Waals surface area contributed by atoms with Crippen LogP contribution in [0.5, 0.6) is 0 Å². The second-order valence-corrected chi connectivity index (χ2v) is 11.2. The molecule has 2 amide bonds. The molecule has 2 aliphatic heterocycles. The molecule has 0 atom stereocenters. The van der Waals surface area contributed by atoms with Gasteiger partial charge in [-0.05, 0) is 63.5 Å². The number of aldehydes is 1. The van der Waals surface area contributed by atoms with Crippen LogP contribution in [-0.2, 0) is 9.59 Å². The Bertz CT molecular complexity index is 1240. The molecule has 2 aliphatic carbocycles. The third-order valence-electron chi connectivity index (χ3n) is 7.57. The Balaban J connectivity index is 0.000000152. The van der Waals surface area contributed by atoms with Crippen molar-refractivity contribution >= 4 is 45.5 Å². The van der Waals surface area contributed by atoms with E-state index in [1.807, 2.05) is 24.3 Å². The molecule has 2 aromatic carbocycles. The van der Waals surface area contributed by atoms with Crippen molar-refractivity contribution in [1.82, 2.24) is 10.6 Å². The fourth-order valence-electron chi connectivity index (χ4n) is 5.59. The molecule has 2 saturated carbocycles. The predicted molar refractivity (Wildman–Crippen MR) is 147 cm³/mol. The molecule has 6 rings (SSSR count). The number of nitrogens with one attached hydrogen (secondary N) is 2. The maximum absolute atomic E-state index is 12.1. The highest BCUT2D eigenvalue weighted by molar-refractivity contribution is 9.10. The molecule has 0 aromatic heterocycles. The fraction of sp³-hybridized carbons (Fsp3) is 0.414. The van der Waals surface area contributed by atoms with Gasteiger partial charge in [0.1, 0.15) is 29.0 Å². The van der Waals surface area contributed by atoms with E-state index in [0.717, 1.165) is 73.3 Å². The zero-order chi connectivity index (χ0) is 25.9. The molecule has 2 N–H and O–H groups in total. The van der Waals surface area contributed by atoms with Crippen molar-refractivity contribution in [2.75, 3.05) is 0 Å². The summed E-state index contributed by atoms with van der Waals surface area (Å²) in [5.74, 6) is -0.125. The minimum Gasteiger partial charge on any atom is -0.326 e. The smallest absolute Gasteiger partial charge is 0.272 e. The van der Waals surface area contributed by atoms with Crippen LogP contribution in [0, 0.1) is 0 Å². The number of benzene rings is 2. The molecule has 192 valence electrons. The highest BCUT2D eigenvalue weighted by Gasteiger charge is 2.41. The van der Waals surface area contributed by atoms with Crippen molar-refractivity contribution < 1.29 is 14.4 Å². The van der Waals surface area contributed by atoms with E-state index in [1.54, 1.807) is 24.3 Å². The first kappa shape index (κ1) is 25.5. The van der Waals surface area contributed by atoms with Gasteiger partial charge in [0.15, 0.2) is 0 Å². The van der Waals surface area contributed by atoms with Crippen molar-refractivity contribution in [1.29, 1.82) is 0 Å². The number of carbonyl (C=O) groups is 3. The van der Waals surface area contributed by atoms with Gasteiger partial charge in [0, 0.05) is 21.2 Å². The van der Waals surface area contributed by atoms with E-state index in [0.29, 0.717) is 17.0 Å². The van der Waals surface area contributed by atoms with Crippen LogP contribution in [0.3, 0.4) is 0 Å². The minimum atomic E-state index is -0.367. The van der Waals surface area contributed by atoms with Gasteiger partial charge in [0.25, 0.3) is 11.8 Å². The first-order valence-electron chi connectivity index (χ1n) is 13.1. The summed E-state index contributed by atoms with van der Waals surface area (Å²) in [5, 5.41) is 6.11. The molecule has 7 nitrogen and oxygen atoms in total. The Morgan fingerprint density at radius 3 is 1.46 bits per heavy atom. The number of rotatable bonds is 3. The summed E-state index contributed by atoms with van der Waals surface area (Å²) in [6, 6.07) is 14.7. The van der Waals surface area contributed by atoms with Gasteiger partial charge in [-0.15, -0.1) is 0 Å². The van der Waals surface area contributed by atoms with Crippen LogP contribution in [-0.4, -0.2) is 40.8 Å². The van der Waals surface area contributed by atoms with Gasteiger partial charge in [0.05, 0.1) is 0 Å². The highest BCUT2D eigenvalue weighted by Crippen LogP contribution is 2.34. The van der Waals surface area contributed by atoms with Crippen molar-refractivity contribution in [3.05, 3.63) is 69.7 Å². The first-order chi connectivity index (χ1) is 17.9.